The molecule has 1 aromatic rings. The van der Waals surface area contributed by atoms with Crippen LogP contribution in [0.3, 0.4) is 0 Å². The van der Waals surface area contributed by atoms with Gasteiger partial charge in [-0.15, -0.1) is 0 Å². The van der Waals surface area contributed by atoms with E-state index in [2.05, 4.69) is 34.6 Å². The standard InChI is InChI=1S/C29H51O5P.Na/c1-20(2)12-9-13-21(3)14-10-15-22(4)16-11-18-29(8)19-17-26-25(7)27(34-35(30,31)32)23(5)24(6)28(26)33-29;/h20-22H,9-19H2,1-8H3,(H2,30,31,32);/q;+1. The third-order valence-corrected chi connectivity index (χ3v) is 8.47. The third-order valence-electron chi connectivity index (χ3n) is 8.05. The van der Waals surface area contributed by atoms with Gasteiger partial charge in [0.2, 0.25) is 0 Å². The van der Waals surface area contributed by atoms with Crippen molar-refractivity contribution in [3.63, 3.8) is 0 Å². The van der Waals surface area contributed by atoms with E-state index >= 15 is 0 Å². The number of ether oxygens (including phenoxy) is 1. The quantitative estimate of drug-likeness (QED) is 0.240. The average Bonchev–Trinajstić information content (AvgIpc) is 2.74. The molecule has 0 fully saturated rings. The molecule has 1 aromatic carbocycles. The van der Waals surface area contributed by atoms with E-state index in [4.69, 9.17) is 9.26 Å². The van der Waals surface area contributed by atoms with E-state index in [1.165, 1.54) is 44.9 Å². The first-order valence-corrected chi connectivity index (χ1v) is 15.3. The van der Waals surface area contributed by atoms with Crippen LogP contribution in [0.1, 0.15) is 121 Å². The van der Waals surface area contributed by atoms with E-state index in [1.807, 2.05) is 20.8 Å². The van der Waals surface area contributed by atoms with Gasteiger partial charge in [0.1, 0.15) is 17.1 Å². The van der Waals surface area contributed by atoms with Gasteiger partial charge in [-0.1, -0.05) is 72.6 Å². The average molecular weight is 534 g/mol. The van der Waals surface area contributed by atoms with Gasteiger partial charge in [-0.05, 0) is 87.8 Å². The van der Waals surface area contributed by atoms with Crippen molar-refractivity contribution in [1.82, 2.24) is 0 Å². The fraction of sp³-hybridized carbons (Fsp3) is 0.793. The van der Waals surface area contributed by atoms with Crippen LogP contribution in [-0.2, 0) is 11.0 Å². The number of rotatable bonds is 14. The van der Waals surface area contributed by atoms with Crippen LogP contribution in [0.15, 0.2) is 0 Å². The third kappa shape index (κ3) is 10.6. The number of benzene rings is 1. The number of fused-ring (bicyclic) bond motifs is 1. The molecule has 0 spiro atoms. The molecule has 1 aliphatic heterocycles. The molecule has 36 heavy (non-hydrogen) atoms. The Morgan fingerprint density at radius 1 is 0.889 bits per heavy atom. The topological polar surface area (TPSA) is 76.0 Å². The van der Waals surface area contributed by atoms with Crippen molar-refractivity contribution in [3.05, 3.63) is 22.3 Å². The minimum absolute atomic E-state index is 0. The Labute approximate surface area is 243 Å². The zero-order chi connectivity index (χ0) is 26.4. The molecule has 0 saturated heterocycles. The molecule has 202 valence electrons. The summed E-state index contributed by atoms with van der Waals surface area (Å²) in [6, 6.07) is 0. The maximum Gasteiger partial charge on any atom is 1.00 e. The number of hydrogen-bond donors (Lipinski definition) is 2. The van der Waals surface area contributed by atoms with Gasteiger partial charge in [0, 0.05) is 5.56 Å². The number of hydrogen-bond acceptors (Lipinski definition) is 3. The van der Waals surface area contributed by atoms with Crippen LogP contribution < -0.4 is 38.8 Å². The Bertz CT molecular complexity index is 881. The van der Waals surface area contributed by atoms with Crippen LogP contribution in [0.25, 0.3) is 0 Å². The zero-order valence-electron chi connectivity index (χ0n) is 24.6. The Morgan fingerprint density at radius 3 is 1.94 bits per heavy atom. The second-order valence-electron chi connectivity index (χ2n) is 12.0. The predicted octanol–water partition coefficient (Wildman–Crippen LogP) is 5.61. The van der Waals surface area contributed by atoms with Gasteiger partial charge >= 0.3 is 37.4 Å². The summed E-state index contributed by atoms with van der Waals surface area (Å²) in [5.41, 5.74) is 3.24. The molecule has 0 aromatic heterocycles. The van der Waals surface area contributed by atoms with Crippen molar-refractivity contribution < 1.29 is 53.2 Å². The summed E-state index contributed by atoms with van der Waals surface area (Å²) in [7, 11) is -4.61. The summed E-state index contributed by atoms with van der Waals surface area (Å²) in [5.74, 6) is 3.59. The summed E-state index contributed by atoms with van der Waals surface area (Å²) >= 11 is 0. The SMILES string of the molecule is Cc1c(C)c2c(c(C)c1OP(=O)(O)O)CCC(C)(CCCC(C)CCCC(C)CCCC(C)C)O2.[Na+]. The molecule has 7 heteroatoms. The van der Waals surface area contributed by atoms with Gasteiger partial charge in [-0.25, -0.2) is 4.57 Å². The van der Waals surface area contributed by atoms with E-state index in [0.717, 1.165) is 71.4 Å². The van der Waals surface area contributed by atoms with Crippen molar-refractivity contribution in [2.75, 3.05) is 0 Å². The molecule has 1 aliphatic rings. The second kappa shape index (κ2) is 14.9. The van der Waals surface area contributed by atoms with E-state index in [0.29, 0.717) is 5.75 Å². The Balaban J connectivity index is 0.00000648. The molecular weight excluding hydrogens is 482 g/mol. The molecule has 3 atom stereocenters. The largest absolute Gasteiger partial charge is 1.00 e. The molecule has 0 saturated carbocycles. The molecule has 0 bridgehead atoms. The molecule has 3 unspecified atom stereocenters. The normalized spacial score (nSPS) is 19.3. The first-order valence-electron chi connectivity index (χ1n) is 13.8. The van der Waals surface area contributed by atoms with E-state index in [1.54, 1.807) is 0 Å². The second-order valence-corrected chi connectivity index (χ2v) is 13.2. The van der Waals surface area contributed by atoms with Gasteiger partial charge in [-0.3, -0.25) is 9.79 Å². The van der Waals surface area contributed by atoms with Gasteiger partial charge < -0.3 is 9.26 Å². The van der Waals surface area contributed by atoms with Crippen LogP contribution in [0, 0.1) is 38.5 Å². The van der Waals surface area contributed by atoms with E-state index in [9.17, 15) is 14.4 Å². The molecule has 5 nitrogen and oxygen atoms in total. The van der Waals surface area contributed by atoms with Crippen LogP contribution in [0.5, 0.6) is 11.5 Å². The van der Waals surface area contributed by atoms with Crippen molar-refractivity contribution in [3.8, 4) is 11.5 Å². The fourth-order valence-corrected chi connectivity index (χ4v) is 6.03. The van der Waals surface area contributed by atoms with Crippen LogP contribution >= 0.6 is 7.82 Å². The molecule has 2 N–H and O–H groups in total. The van der Waals surface area contributed by atoms with Crippen LogP contribution in [0.2, 0.25) is 0 Å². The molecule has 2 rings (SSSR count). The van der Waals surface area contributed by atoms with Gasteiger partial charge in [0.25, 0.3) is 0 Å². The van der Waals surface area contributed by atoms with Gasteiger partial charge in [0.15, 0.2) is 0 Å². The van der Waals surface area contributed by atoms with Gasteiger partial charge in [-0.2, -0.15) is 0 Å². The fourth-order valence-electron chi connectivity index (χ4n) is 5.52. The van der Waals surface area contributed by atoms with Crippen molar-refractivity contribution >= 4 is 7.82 Å². The maximum absolute atomic E-state index is 11.5. The number of phosphoric ester groups is 1. The first kappa shape index (κ1) is 34.0. The zero-order valence-corrected chi connectivity index (χ0v) is 27.5. The van der Waals surface area contributed by atoms with Gasteiger partial charge in [0.05, 0.1) is 0 Å². The minimum Gasteiger partial charge on any atom is -0.487 e. The van der Waals surface area contributed by atoms with Crippen LogP contribution in [0.4, 0.5) is 0 Å². The Morgan fingerprint density at radius 2 is 1.42 bits per heavy atom. The molecule has 0 amide bonds. The molecule has 1 heterocycles. The summed E-state index contributed by atoms with van der Waals surface area (Å²) in [5, 5.41) is 0. The predicted molar refractivity (Wildman–Crippen MR) is 145 cm³/mol. The molecule has 0 radical (unpaired) electrons. The molecule has 0 aliphatic carbocycles. The summed E-state index contributed by atoms with van der Waals surface area (Å²) < 4.78 is 23.1. The smallest absolute Gasteiger partial charge is 0.487 e. The number of phosphoric acid groups is 1. The van der Waals surface area contributed by atoms with Crippen molar-refractivity contribution in [1.29, 1.82) is 0 Å². The van der Waals surface area contributed by atoms with E-state index in [-0.39, 0.29) is 35.2 Å². The summed E-state index contributed by atoms with van der Waals surface area (Å²) in [4.78, 5) is 18.7. The monoisotopic (exact) mass is 533 g/mol. The minimum atomic E-state index is -4.61. The molecular formula is C29H51NaO5P+. The first-order chi connectivity index (χ1) is 16.2. The summed E-state index contributed by atoms with van der Waals surface area (Å²) in [6.45, 7) is 17.3. The van der Waals surface area contributed by atoms with Crippen molar-refractivity contribution in [2.24, 2.45) is 17.8 Å². The Kier molecular flexibility index (Phi) is 14.1. The Hall–Kier alpha value is -0.0300. The van der Waals surface area contributed by atoms with Crippen molar-refractivity contribution in [2.45, 2.75) is 132 Å². The summed E-state index contributed by atoms with van der Waals surface area (Å²) in [6.07, 6.45) is 13.3. The van der Waals surface area contributed by atoms with Crippen LogP contribution in [-0.4, -0.2) is 15.4 Å². The van der Waals surface area contributed by atoms with E-state index < -0.39 is 7.82 Å². The maximum atomic E-state index is 11.5.